The lowest BCUT2D eigenvalue weighted by Gasteiger charge is -2.40. The third-order valence-electron chi connectivity index (χ3n) is 30.3. The molecule has 24 heteroatoms. The van der Waals surface area contributed by atoms with Gasteiger partial charge < -0.3 is 69.6 Å². The number of carbonyl (C=O) groups excluding carboxylic acids is 3. The Bertz CT molecular complexity index is 4310. The Labute approximate surface area is 769 Å². The maximum absolute atomic E-state index is 12.1. The molecule has 0 bridgehead atoms. The van der Waals surface area contributed by atoms with E-state index in [1.165, 1.54) is 52.7 Å². The number of carbonyl (C=O) groups is 3. The lowest BCUT2D eigenvalue weighted by atomic mass is 9.78. The van der Waals surface area contributed by atoms with Crippen molar-refractivity contribution in [1.29, 1.82) is 0 Å². The fourth-order valence-corrected chi connectivity index (χ4v) is 21.6. The molecule has 3 amide bonds. The van der Waals surface area contributed by atoms with Gasteiger partial charge in [-0.25, -0.2) is 0 Å². The van der Waals surface area contributed by atoms with Crippen molar-refractivity contribution in [3.63, 3.8) is 0 Å². The average Bonchev–Trinajstić information content (AvgIpc) is 1.59. The highest BCUT2D eigenvalue weighted by Gasteiger charge is 2.52. The number of aliphatic hydroxyl groups is 1. The first-order valence-corrected chi connectivity index (χ1v) is 49.4. The van der Waals surface area contributed by atoms with Crippen LogP contribution in [-0.4, -0.2) is 214 Å². The van der Waals surface area contributed by atoms with Crippen LogP contribution in [0.1, 0.15) is 262 Å². The highest BCUT2D eigenvalue weighted by atomic mass is 16.5. The number of hydrogen-bond acceptors (Lipinski definition) is 21. The minimum Gasteiger partial charge on any atom is -0.391 e. The third-order valence-corrected chi connectivity index (χ3v) is 30.3. The van der Waals surface area contributed by atoms with E-state index in [4.69, 9.17) is 14.2 Å². The predicted molar refractivity (Wildman–Crippen MR) is 517 cm³/mol. The van der Waals surface area contributed by atoms with Crippen molar-refractivity contribution in [3.05, 3.63) is 168 Å². The van der Waals surface area contributed by atoms with Crippen LogP contribution in [0.25, 0.3) is 0 Å². The molecule has 7 aromatic heterocycles. The van der Waals surface area contributed by atoms with Gasteiger partial charge in [0.05, 0.1) is 145 Å². The standard InChI is InChI=1S/3C16H23N3O.C15H22N2O.3C14H20N2O/c3*1-12(2)14-5-4-13(10-18-14)19-9-3-6-16(11-19)7-8-17-15(16)20;1-11(2)14-4-3-12(9-16-14)17-10-13(18)5-6-15(17)7-8-15;3*1-10(2)14-4-3-13(5-15-14)16-6-11-8-17-9-12(11)7-16/h3*4-5,10,12H,3,6-9,11H2,1-2H3,(H,17,20);3-4,9,11,13,18H,5-8,10H2,1-2H3;3*3-5,10-12H,6-9H2,1-2H3/t2*16-;;13-;2*11-,12+;/m10.1.../s1. The van der Waals surface area contributed by atoms with Gasteiger partial charge in [-0.05, 0) is 210 Å². The van der Waals surface area contributed by atoms with Gasteiger partial charge >= 0.3 is 0 Å². The number of rotatable bonds is 14. The number of anilines is 7. The monoisotopic (exact) mass is 1760 g/mol. The number of nitrogens with one attached hydrogen (secondary N) is 3. The molecule has 20 heterocycles. The summed E-state index contributed by atoms with van der Waals surface area (Å²) in [6.45, 7) is 51.6. The summed E-state index contributed by atoms with van der Waals surface area (Å²) in [5, 5.41) is 18.9. The first kappa shape index (κ1) is 94.5. The molecule has 3 unspecified atom stereocenters. The molecule has 1 saturated carbocycles. The third kappa shape index (κ3) is 22.8. The van der Waals surface area contributed by atoms with Gasteiger partial charge in [0.2, 0.25) is 17.7 Å². The second kappa shape index (κ2) is 42.2. The second-order valence-corrected chi connectivity index (χ2v) is 42.0. The summed E-state index contributed by atoms with van der Waals surface area (Å²) in [6, 6.07) is 30.2. The molecular weight excluding hydrogens is 1610 g/mol. The Hall–Kier alpha value is -9.10. The molecule has 14 aliphatic rings. The first-order chi connectivity index (χ1) is 62.1. The molecule has 14 fully saturated rings. The first-order valence-electron chi connectivity index (χ1n) is 49.4. The highest BCUT2D eigenvalue weighted by Crippen LogP contribution is 2.51. The van der Waals surface area contributed by atoms with Crippen LogP contribution >= 0.6 is 0 Å². The summed E-state index contributed by atoms with van der Waals surface area (Å²) in [6.07, 6.45) is 27.6. The number of fused-ring (bicyclic) bond motifs is 3. The van der Waals surface area contributed by atoms with E-state index in [2.05, 4.69) is 267 Å². The molecule has 7 aromatic rings. The number of piperidine rings is 4. The second-order valence-electron chi connectivity index (χ2n) is 42.0. The van der Waals surface area contributed by atoms with E-state index in [-0.39, 0.29) is 40.1 Å². The molecule has 698 valence electrons. The SMILES string of the molecule is CC(C)c1ccc(N2CC3COCC3C2)cn1.CC(C)c1ccc(N2CCCC3(CCNC3=O)C2)cn1.CC(C)c1ccc(N2CCC[C@@]3(CCNC3=O)C2)cn1.CC(C)c1ccc(N2CCC[C@]3(CCNC3=O)C2)cn1.CC(C)c1ccc(N2C[C@H](O)CCC23CC3)cn1.CC(C)c1ccc(N2C[C@H]3COC[C@H]3C2)cn1.CC(C)c1ccc(N2C[C@H]3COC[C@H]3C2)cn1. The molecule has 24 nitrogen and oxygen atoms in total. The van der Waals surface area contributed by atoms with E-state index in [0.29, 0.717) is 47.0 Å². The van der Waals surface area contributed by atoms with Crippen molar-refractivity contribution >= 4 is 57.5 Å². The van der Waals surface area contributed by atoms with E-state index in [9.17, 15) is 19.5 Å². The van der Waals surface area contributed by atoms with E-state index >= 15 is 0 Å². The zero-order valence-electron chi connectivity index (χ0n) is 80.1. The van der Waals surface area contributed by atoms with E-state index in [1.807, 2.05) is 43.4 Å². The molecule has 129 heavy (non-hydrogen) atoms. The molecule has 21 rings (SSSR count). The number of β-amino-alcohol motifs (C(OH)–C–C–N with tert-alkyl or cyclic N) is 1. The molecule has 4 spiro atoms. The fraction of sp³-hybridized carbons (Fsp3) is 0.638. The maximum Gasteiger partial charge on any atom is 0.228 e. The summed E-state index contributed by atoms with van der Waals surface area (Å²) in [5.41, 5.74) is 16.3. The van der Waals surface area contributed by atoms with Crippen LogP contribution < -0.4 is 50.2 Å². The Balaban J connectivity index is 0.000000116. The molecule has 1 aliphatic carbocycles. The molecular formula is C105H151N17O7. The van der Waals surface area contributed by atoms with Gasteiger partial charge in [0, 0.05) is 186 Å². The van der Waals surface area contributed by atoms with Gasteiger partial charge in [0.25, 0.3) is 0 Å². The van der Waals surface area contributed by atoms with Crippen LogP contribution in [-0.2, 0) is 28.6 Å². The van der Waals surface area contributed by atoms with E-state index < -0.39 is 0 Å². The molecule has 4 N–H and O–H groups in total. The summed E-state index contributed by atoms with van der Waals surface area (Å²) >= 11 is 0. The van der Waals surface area contributed by atoms with Crippen molar-refractivity contribution in [2.45, 2.75) is 233 Å². The summed E-state index contributed by atoms with van der Waals surface area (Å²) < 4.78 is 16.5. The van der Waals surface area contributed by atoms with Gasteiger partial charge in [0.15, 0.2) is 0 Å². The highest BCUT2D eigenvalue weighted by molar-refractivity contribution is 5.87. The van der Waals surface area contributed by atoms with Crippen molar-refractivity contribution in [2.24, 2.45) is 51.8 Å². The molecule has 0 radical (unpaired) electrons. The number of nitrogens with zero attached hydrogens (tertiary/aromatic N) is 14. The van der Waals surface area contributed by atoms with Crippen molar-refractivity contribution < 1.29 is 33.7 Å². The number of aliphatic hydroxyl groups excluding tert-OH is 1. The predicted octanol–water partition coefficient (Wildman–Crippen LogP) is 16.5. The molecule has 10 atom stereocenters. The number of aromatic nitrogens is 7. The van der Waals surface area contributed by atoms with Gasteiger partial charge in [-0.3, -0.25) is 49.3 Å². The Morgan fingerprint density at radius 2 is 0.535 bits per heavy atom. The number of ether oxygens (including phenoxy) is 3. The summed E-state index contributed by atoms with van der Waals surface area (Å²) in [7, 11) is 0. The van der Waals surface area contributed by atoms with Gasteiger partial charge in [0.1, 0.15) is 0 Å². The molecule has 0 aromatic carbocycles. The van der Waals surface area contributed by atoms with Gasteiger partial charge in [-0.1, -0.05) is 96.9 Å². The van der Waals surface area contributed by atoms with E-state index in [1.54, 1.807) is 0 Å². The van der Waals surface area contributed by atoms with E-state index in [0.717, 1.165) is 290 Å². The van der Waals surface area contributed by atoms with Crippen molar-refractivity contribution in [2.75, 3.05) is 179 Å². The zero-order chi connectivity index (χ0) is 90.7. The maximum atomic E-state index is 12.1. The van der Waals surface area contributed by atoms with Crippen LogP contribution in [0, 0.1) is 51.8 Å². The molecule has 13 aliphatic heterocycles. The van der Waals surface area contributed by atoms with Crippen molar-refractivity contribution in [1.82, 2.24) is 50.8 Å². The number of hydrogen-bond donors (Lipinski definition) is 4. The Morgan fingerprint density at radius 1 is 0.302 bits per heavy atom. The van der Waals surface area contributed by atoms with Crippen LogP contribution in [0.15, 0.2) is 128 Å². The fourth-order valence-electron chi connectivity index (χ4n) is 21.6. The largest absolute Gasteiger partial charge is 0.391 e. The van der Waals surface area contributed by atoms with Crippen LogP contribution in [0.3, 0.4) is 0 Å². The summed E-state index contributed by atoms with van der Waals surface area (Å²) in [5.74, 6) is 8.52. The van der Waals surface area contributed by atoms with Gasteiger partial charge in [-0.2, -0.15) is 0 Å². The minimum atomic E-state index is -0.180. The Kier molecular flexibility index (Phi) is 30.9. The Morgan fingerprint density at radius 3 is 0.736 bits per heavy atom. The van der Waals surface area contributed by atoms with Crippen LogP contribution in [0.5, 0.6) is 0 Å². The van der Waals surface area contributed by atoms with Crippen LogP contribution in [0.2, 0.25) is 0 Å². The zero-order valence-corrected chi connectivity index (χ0v) is 80.1. The smallest absolute Gasteiger partial charge is 0.228 e. The lowest BCUT2D eigenvalue weighted by Crippen LogP contribution is -2.47. The van der Waals surface area contributed by atoms with Gasteiger partial charge in [-0.15, -0.1) is 0 Å². The average molecular weight is 1760 g/mol. The van der Waals surface area contributed by atoms with Crippen LogP contribution in [0.4, 0.5) is 39.8 Å². The minimum absolute atomic E-state index is 0.158. The quantitative estimate of drug-likeness (QED) is 0.0790. The topological polar surface area (TPSA) is 248 Å². The summed E-state index contributed by atoms with van der Waals surface area (Å²) in [4.78, 5) is 84.9. The normalized spacial score (nSPS) is 26.9. The lowest BCUT2D eigenvalue weighted by molar-refractivity contribution is -0.128. The number of pyridine rings is 7. The molecule has 13 saturated heterocycles. The van der Waals surface area contributed by atoms with Crippen molar-refractivity contribution in [3.8, 4) is 0 Å². The number of amides is 3.